The van der Waals surface area contributed by atoms with Crippen molar-refractivity contribution in [3.8, 4) is 0 Å². The van der Waals surface area contributed by atoms with Crippen molar-refractivity contribution in [3.05, 3.63) is 36.0 Å². The average Bonchev–Trinajstić information content (AvgIpc) is 3.65. The van der Waals surface area contributed by atoms with E-state index in [1.165, 1.54) is 6.92 Å². The Morgan fingerprint density at radius 2 is 1.96 bits per heavy atom. The van der Waals surface area contributed by atoms with Gasteiger partial charge < -0.3 is 44.9 Å². The number of nitrogens with one attached hydrogen (secondary N) is 2. The topological polar surface area (TPSA) is 176 Å². The zero-order valence-electron chi connectivity index (χ0n) is 29.6. The molecule has 3 aliphatic rings. The number of aliphatic hydroxyl groups excluding tert-OH is 2. The lowest BCUT2D eigenvalue weighted by Crippen LogP contribution is -2.41. The van der Waals surface area contributed by atoms with Gasteiger partial charge in [0.1, 0.15) is 30.0 Å². The molecular formula is C36H58N2O10. The molecule has 0 radical (unpaired) electrons. The molecule has 0 aromatic carbocycles. The number of aliphatic hydroxyl groups is 3. The highest BCUT2D eigenvalue weighted by Gasteiger charge is 2.52. The molecular weight excluding hydrogens is 620 g/mol. The quantitative estimate of drug-likeness (QED) is 0.0711. The van der Waals surface area contributed by atoms with Crippen molar-refractivity contribution in [2.45, 2.75) is 141 Å². The first-order valence-electron chi connectivity index (χ1n) is 17.4. The lowest BCUT2D eigenvalue weighted by Gasteiger charge is -2.31. The minimum atomic E-state index is -1.43. The van der Waals surface area contributed by atoms with Crippen LogP contribution in [-0.4, -0.2) is 101 Å². The molecule has 2 fully saturated rings. The Balaban J connectivity index is 1.77. The number of carbonyl (C=O) groups excluding carboxylic acids is 3. The number of esters is 2. The first-order valence-corrected chi connectivity index (χ1v) is 17.4. The van der Waals surface area contributed by atoms with Crippen LogP contribution in [0.3, 0.4) is 0 Å². The first-order chi connectivity index (χ1) is 22.6. The maximum Gasteiger partial charge on any atom is 0.407 e. The summed E-state index contributed by atoms with van der Waals surface area (Å²) in [4.78, 5) is 37.5. The first kappa shape index (κ1) is 39.7. The van der Waals surface area contributed by atoms with E-state index in [1.807, 2.05) is 58.9 Å². The third-order valence-corrected chi connectivity index (χ3v) is 9.68. The second kappa shape index (κ2) is 18.3. The number of amides is 1. The van der Waals surface area contributed by atoms with Crippen LogP contribution in [0.4, 0.5) is 4.79 Å². The standard InChI is InChI=1S/C36H58N2O10/c1-8-28(41)24(5)33-34(47-33)32(48-35(43)38-26-16-18-37-20-26)23(4)12-9-11-21(2)31-22(3)13-10-14-29(45-25(6)39)36(7,44)17-15-27(40)19-30(42)46-31/h9-12,14,22-24,26-29,31-34,37,40-41,44H,8,13,15-20H2,1-7H3,(H,38,43)/b12-9+,14-10+,21-11+/t22?,23?,24?,26-,27?,28?,29?,31?,32?,33?,34?,36?/m1/s1. The zero-order valence-corrected chi connectivity index (χ0v) is 29.6. The highest BCUT2D eigenvalue weighted by molar-refractivity contribution is 5.70. The van der Waals surface area contributed by atoms with Gasteiger partial charge in [-0.05, 0) is 64.1 Å². The fourth-order valence-electron chi connectivity index (χ4n) is 6.41. The summed E-state index contributed by atoms with van der Waals surface area (Å²) in [7, 11) is 0. The molecule has 3 rings (SSSR count). The predicted molar refractivity (Wildman–Crippen MR) is 180 cm³/mol. The minimum Gasteiger partial charge on any atom is -0.457 e. The van der Waals surface area contributed by atoms with Crippen LogP contribution in [0.5, 0.6) is 0 Å². The summed E-state index contributed by atoms with van der Waals surface area (Å²) in [5.41, 5.74) is -0.666. The number of carbonyl (C=O) groups is 3. The molecule has 11 unspecified atom stereocenters. The number of ether oxygens (including phenoxy) is 4. The van der Waals surface area contributed by atoms with E-state index in [1.54, 1.807) is 13.0 Å². The van der Waals surface area contributed by atoms with E-state index in [0.29, 0.717) is 19.4 Å². The molecule has 1 amide bonds. The number of allylic oxidation sites excluding steroid dienone is 3. The third-order valence-electron chi connectivity index (χ3n) is 9.68. The lowest BCUT2D eigenvalue weighted by molar-refractivity contribution is -0.156. The predicted octanol–water partition coefficient (Wildman–Crippen LogP) is 3.48. The van der Waals surface area contributed by atoms with Crippen LogP contribution >= 0.6 is 0 Å². The van der Waals surface area contributed by atoms with Crippen molar-refractivity contribution in [1.29, 1.82) is 0 Å². The van der Waals surface area contributed by atoms with Crippen LogP contribution in [0, 0.1) is 17.8 Å². The number of hydrogen-bond donors (Lipinski definition) is 5. The van der Waals surface area contributed by atoms with Gasteiger partial charge in [-0.3, -0.25) is 9.59 Å². The van der Waals surface area contributed by atoms with E-state index in [9.17, 15) is 29.7 Å². The monoisotopic (exact) mass is 678 g/mol. The third kappa shape index (κ3) is 12.0. The maximum absolute atomic E-state index is 12.9. The SMILES string of the molecule is CCC(O)C(C)C1OC1C(OC(=O)N[C@@H]1CCNC1)C(C)/C=C/C=C(\C)C1OC(=O)CC(O)CCC(C)(O)C(OC(C)=O)/C=C/CC1C. The molecule has 12 nitrogen and oxygen atoms in total. The second-order valence-corrected chi connectivity index (χ2v) is 14.1. The second-order valence-electron chi connectivity index (χ2n) is 14.1. The molecule has 272 valence electrons. The molecule has 0 aromatic heterocycles. The van der Waals surface area contributed by atoms with Crippen molar-refractivity contribution < 1.29 is 48.7 Å². The number of rotatable bonds is 11. The summed E-state index contributed by atoms with van der Waals surface area (Å²) in [5.74, 6) is -1.64. The van der Waals surface area contributed by atoms with Crippen molar-refractivity contribution in [2.75, 3.05) is 13.1 Å². The van der Waals surface area contributed by atoms with Gasteiger partial charge in [-0.2, -0.15) is 0 Å². The number of hydrogen-bond acceptors (Lipinski definition) is 11. The van der Waals surface area contributed by atoms with Crippen molar-refractivity contribution >= 4 is 18.0 Å². The largest absolute Gasteiger partial charge is 0.457 e. The molecule has 0 saturated carbocycles. The van der Waals surface area contributed by atoms with Gasteiger partial charge >= 0.3 is 18.0 Å². The Bertz CT molecular complexity index is 1160. The molecule has 12 atom stereocenters. The van der Waals surface area contributed by atoms with Gasteiger partial charge in [0.25, 0.3) is 0 Å². The number of alkyl carbamates (subject to hydrolysis) is 1. The molecule has 2 saturated heterocycles. The lowest BCUT2D eigenvalue weighted by atomic mass is 9.90. The Kier molecular flexibility index (Phi) is 15.1. The van der Waals surface area contributed by atoms with Crippen molar-refractivity contribution in [3.63, 3.8) is 0 Å². The maximum atomic E-state index is 12.9. The van der Waals surface area contributed by atoms with E-state index in [4.69, 9.17) is 18.9 Å². The van der Waals surface area contributed by atoms with Gasteiger partial charge in [-0.1, -0.05) is 52.0 Å². The van der Waals surface area contributed by atoms with Gasteiger partial charge in [0.15, 0.2) is 0 Å². The van der Waals surface area contributed by atoms with Gasteiger partial charge in [0, 0.05) is 37.3 Å². The van der Waals surface area contributed by atoms with Crippen LogP contribution in [0.1, 0.15) is 87.0 Å². The van der Waals surface area contributed by atoms with Crippen LogP contribution in [-0.2, 0) is 28.5 Å². The highest BCUT2D eigenvalue weighted by Crippen LogP contribution is 2.38. The van der Waals surface area contributed by atoms with Crippen LogP contribution < -0.4 is 10.6 Å². The van der Waals surface area contributed by atoms with Gasteiger partial charge in [0.2, 0.25) is 0 Å². The molecule has 0 spiro atoms. The van der Waals surface area contributed by atoms with E-state index in [-0.39, 0.29) is 55.3 Å². The van der Waals surface area contributed by atoms with Crippen molar-refractivity contribution in [2.24, 2.45) is 17.8 Å². The summed E-state index contributed by atoms with van der Waals surface area (Å²) in [6.07, 6.45) is 6.17. The Morgan fingerprint density at radius 3 is 2.60 bits per heavy atom. The fourth-order valence-corrected chi connectivity index (χ4v) is 6.41. The normalized spacial score (nSPS) is 35.2. The average molecular weight is 679 g/mol. The van der Waals surface area contributed by atoms with E-state index in [0.717, 1.165) is 18.5 Å². The van der Waals surface area contributed by atoms with Gasteiger partial charge in [-0.25, -0.2) is 4.79 Å². The molecule has 5 N–H and O–H groups in total. The molecule has 12 heteroatoms. The molecule has 0 aliphatic carbocycles. The summed E-state index contributed by atoms with van der Waals surface area (Å²) in [6, 6.07) is 0.00280. The van der Waals surface area contributed by atoms with E-state index >= 15 is 0 Å². The Morgan fingerprint density at radius 1 is 1.23 bits per heavy atom. The van der Waals surface area contributed by atoms with E-state index in [2.05, 4.69) is 10.6 Å². The van der Waals surface area contributed by atoms with Gasteiger partial charge in [0.05, 0.1) is 24.7 Å². The van der Waals surface area contributed by atoms with E-state index < -0.39 is 54.2 Å². The Labute approximate surface area is 285 Å². The zero-order chi connectivity index (χ0) is 35.6. The molecule has 0 aromatic rings. The fraction of sp³-hybridized carbons (Fsp3) is 0.750. The molecule has 0 bridgehead atoms. The summed E-state index contributed by atoms with van der Waals surface area (Å²) in [6.45, 7) is 13.9. The van der Waals surface area contributed by atoms with Crippen LogP contribution in [0.25, 0.3) is 0 Å². The van der Waals surface area contributed by atoms with Gasteiger partial charge in [-0.15, -0.1) is 0 Å². The summed E-state index contributed by atoms with van der Waals surface area (Å²) in [5, 5.41) is 38.1. The molecule has 3 heterocycles. The molecule has 3 aliphatic heterocycles. The smallest absolute Gasteiger partial charge is 0.407 e. The highest BCUT2D eigenvalue weighted by atomic mass is 16.6. The number of epoxide rings is 1. The van der Waals surface area contributed by atoms with Crippen LogP contribution in [0.15, 0.2) is 36.0 Å². The summed E-state index contributed by atoms with van der Waals surface area (Å²) < 4.78 is 23.2. The van der Waals surface area contributed by atoms with Crippen molar-refractivity contribution in [1.82, 2.24) is 10.6 Å². The number of cyclic esters (lactones) is 1. The molecule has 48 heavy (non-hydrogen) atoms. The Hall–Kier alpha value is -2.77. The minimum absolute atomic E-state index is 0.00280. The summed E-state index contributed by atoms with van der Waals surface area (Å²) >= 11 is 0. The van der Waals surface area contributed by atoms with Crippen LogP contribution in [0.2, 0.25) is 0 Å².